The van der Waals surface area contributed by atoms with E-state index in [1.807, 2.05) is 66.9 Å². The Morgan fingerprint density at radius 2 is 2.12 bits per heavy atom. The number of fused-ring (bicyclic) bond motifs is 1. The van der Waals surface area contributed by atoms with Gasteiger partial charge in [-0.05, 0) is 39.6 Å². The third-order valence-electron chi connectivity index (χ3n) is 3.47. The van der Waals surface area contributed by atoms with Crippen LogP contribution in [-0.2, 0) is 6.54 Å². The Morgan fingerprint density at radius 3 is 2.79 bits per heavy atom. The monoisotopic (exact) mass is 327 g/mol. The molecule has 0 aliphatic heterocycles. The zero-order valence-electron chi connectivity index (χ0n) is 14.8. The zero-order valence-corrected chi connectivity index (χ0v) is 14.8. The second-order valence-electron chi connectivity index (χ2n) is 5.88. The second-order valence-corrected chi connectivity index (χ2v) is 5.88. The molecule has 24 heavy (non-hydrogen) atoms. The molecule has 0 unspecified atom stereocenters. The van der Waals surface area contributed by atoms with Crippen LogP contribution in [0.4, 0.5) is 0 Å². The molecule has 0 saturated heterocycles. The molecular weight excluding hydrogens is 302 g/mol. The van der Waals surface area contributed by atoms with Crippen LogP contribution < -0.4 is 4.74 Å². The van der Waals surface area contributed by atoms with E-state index in [1.165, 1.54) is 0 Å². The summed E-state index contributed by atoms with van der Waals surface area (Å²) in [6, 6.07) is 3.78. The van der Waals surface area contributed by atoms with Crippen molar-refractivity contribution in [2.24, 2.45) is 0 Å². The number of carbonyl (C=O) groups is 1. The molecule has 2 heterocycles. The molecule has 0 saturated carbocycles. The maximum atomic E-state index is 11.8. The highest BCUT2D eigenvalue weighted by Crippen LogP contribution is 2.20. The van der Waals surface area contributed by atoms with Crippen molar-refractivity contribution in [2.75, 3.05) is 20.7 Å². The summed E-state index contributed by atoms with van der Waals surface area (Å²) < 4.78 is 7.75. The van der Waals surface area contributed by atoms with Gasteiger partial charge in [0.15, 0.2) is 5.78 Å². The molecule has 2 aromatic heterocycles. The van der Waals surface area contributed by atoms with Crippen molar-refractivity contribution in [2.45, 2.75) is 26.8 Å². The first kappa shape index (κ1) is 17.9. The Kier molecular flexibility index (Phi) is 6.32. The number of imidazole rings is 1. The van der Waals surface area contributed by atoms with E-state index in [1.54, 1.807) is 6.92 Å². The van der Waals surface area contributed by atoms with Crippen molar-refractivity contribution in [3.63, 3.8) is 0 Å². The van der Waals surface area contributed by atoms with Gasteiger partial charge >= 0.3 is 0 Å². The first-order valence-corrected chi connectivity index (χ1v) is 8.10. The fourth-order valence-electron chi connectivity index (χ4n) is 2.40. The molecule has 0 bridgehead atoms. The van der Waals surface area contributed by atoms with Gasteiger partial charge in [-0.2, -0.15) is 0 Å². The third kappa shape index (κ3) is 4.55. The summed E-state index contributed by atoms with van der Waals surface area (Å²) in [6.07, 6.45) is 10.8. The van der Waals surface area contributed by atoms with Crippen molar-refractivity contribution in [3.8, 4) is 5.75 Å². The maximum absolute atomic E-state index is 11.8. The highest BCUT2D eigenvalue weighted by Gasteiger charge is 2.15. The number of ketones is 1. The third-order valence-corrected chi connectivity index (χ3v) is 3.47. The summed E-state index contributed by atoms with van der Waals surface area (Å²) in [6.45, 7) is 4.80. The summed E-state index contributed by atoms with van der Waals surface area (Å²) in [7, 11) is 3.96. The average Bonchev–Trinajstić information content (AvgIpc) is 2.88. The molecule has 0 N–H and O–H groups in total. The van der Waals surface area contributed by atoms with Crippen molar-refractivity contribution < 1.29 is 9.53 Å². The van der Waals surface area contributed by atoms with E-state index >= 15 is 0 Å². The number of allylic oxidation sites excluding steroid dienone is 3. The molecule has 5 nitrogen and oxygen atoms in total. The van der Waals surface area contributed by atoms with Gasteiger partial charge in [0.05, 0.1) is 24.9 Å². The van der Waals surface area contributed by atoms with Crippen LogP contribution in [0.15, 0.2) is 42.6 Å². The Balaban J connectivity index is 2.20. The van der Waals surface area contributed by atoms with E-state index in [0.29, 0.717) is 18.8 Å². The quantitative estimate of drug-likeness (QED) is 0.423. The van der Waals surface area contributed by atoms with Crippen molar-refractivity contribution in [1.29, 1.82) is 0 Å². The Hall–Kier alpha value is -2.40. The maximum Gasteiger partial charge on any atom is 0.180 e. The van der Waals surface area contributed by atoms with Crippen LogP contribution in [0.3, 0.4) is 0 Å². The number of rotatable bonds is 8. The molecular formula is C19H25N3O2. The number of aromatic nitrogens is 2. The molecule has 0 aliphatic rings. The molecule has 2 aromatic rings. The van der Waals surface area contributed by atoms with Gasteiger partial charge in [-0.15, -0.1) is 0 Å². The molecule has 0 spiro atoms. The fraction of sp³-hybridized carbons (Fsp3) is 0.368. The minimum Gasteiger partial charge on any atom is -0.492 e. The van der Waals surface area contributed by atoms with Crippen LogP contribution >= 0.6 is 0 Å². The van der Waals surface area contributed by atoms with Gasteiger partial charge in [-0.3, -0.25) is 9.20 Å². The van der Waals surface area contributed by atoms with Crippen molar-refractivity contribution in [1.82, 2.24) is 14.3 Å². The number of pyridine rings is 1. The van der Waals surface area contributed by atoms with Gasteiger partial charge in [-0.25, -0.2) is 4.98 Å². The van der Waals surface area contributed by atoms with Gasteiger partial charge in [-0.1, -0.05) is 24.3 Å². The van der Waals surface area contributed by atoms with Crippen LogP contribution in [0.1, 0.15) is 36.6 Å². The van der Waals surface area contributed by atoms with Gasteiger partial charge in [0.1, 0.15) is 17.3 Å². The average molecular weight is 327 g/mol. The van der Waals surface area contributed by atoms with Crippen LogP contribution in [-0.4, -0.2) is 40.8 Å². The predicted octanol–water partition coefficient (Wildman–Crippen LogP) is 3.50. The zero-order chi connectivity index (χ0) is 17.5. The highest BCUT2D eigenvalue weighted by molar-refractivity contribution is 5.99. The molecule has 2 rings (SSSR count). The molecule has 0 aromatic carbocycles. The molecule has 0 fully saturated rings. The van der Waals surface area contributed by atoms with Gasteiger partial charge < -0.3 is 9.64 Å². The minimum atomic E-state index is -0.0275. The minimum absolute atomic E-state index is 0.0275. The molecule has 0 radical (unpaired) electrons. The van der Waals surface area contributed by atoms with E-state index in [-0.39, 0.29) is 5.78 Å². The van der Waals surface area contributed by atoms with Gasteiger partial charge in [0.2, 0.25) is 0 Å². The second kappa shape index (κ2) is 8.45. The van der Waals surface area contributed by atoms with Gasteiger partial charge in [0, 0.05) is 6.92 Å². The number of ether oxygens (including phenoxy) is 1. The lowest BCUT2D eigenvalue weighted by atomic mass is 10.2. The van der Waals surface area contributed by atoms with E-state index in [0.717, 1.165) is 23.5 Å². The standard InChI is InChI=1S/C19H25N3O2/c1-5-6-7-8-9-12-24-16-10-11-17-19(15(2)23)20-18(14-21(3)4)22(17)13-16/h5-8,10-11,13H,9,12,14H2,1-4H3/b6-5-,8-7-. The summed E-state index contributed by atoms with van der Waals surface area (Å²) in [5.41, 5.74) is 1.33. The Bertz CT molecular complexity index is 757. The summed E-state index contributed by atoms with van der Waals surface area (Å²) >= 11 is 0. The number of Topliss-reactive ketones (excluding diaryl/α,β-unsaturated/α-hetero) is 1. The van der Waals surface area contributed by atoms with Crippen molar-refractivity contribution in [3.05, 3.63) is 54.2 Å². The predicted molar refractivity (Wildman–Crippen MR) is 96.7 cm³/mol. The fourth-order valence-corrected chi connectivity index (χ4v) is 2.40. The van der Waals surface area contributed by atoms with E-state index in [4.69, 9.17) is 4.74 Å². The first-order chi connectivity index (χ1) is 11.5. The van der Waals surface area contributed by atoms with Crippen LogP contribution in [0, 0.1) is 0 Å². The highest BCUT2D eigenvalue weighted by atomic mass is 16.5. The lowest BCUT2D eigenvalue weighted by Crippen LogP contribution is -2.13. The van der Waals surface area contributed by atoms with Crippen molar-refractivity contribution >= 4 is 11.3 Å². The topological polar surface area (TPSA) is 46.8 Å². The largest absolute Gasteiger partial charge is 0.492 e. The Morgan fingerprint density at radius 1 is 1.33 bits per heavy atom. The first-order valence-electron chi connectivity index (χ1n) is 8.10. The van der Waals surface area contributed by atoms with E-state index in [9.17, 15) is 4.79 Å². The summed E-state index contributed by atoms with van der Waals surface area (Å²) in [4.78, 5) is 18.3. The molecule has 0 atom stereocenters. The normalized spacial score (nSPS) is 12.0. The SMILES string of the molecule is C/C=C\C=C/CCOc1ccc2c(C(C)=O)nc(CN(C)C)n2c1. The number of hydrogen-bond acceptors (Lipinski definition) is 4. The lowest BCUT2D eigenvalue weighted by molar-refractivity contribution is 0.101. The van der Waals surface area contributed by atoms with Crippen LogP contribution in [0.25, 0.3) is 5.52 Å². The Labute approximate surface area is 143 Å². The van der Waals surface area contributed by atoms with Crippen LogP contribution in [0.5, 0.6) is 5.75 Å². The molecule has 5 heteroatoms. The summed E-state index contributed by atoms with van der Waals surface area (Å²) in [5.74, 6) is 1.58. The lowest BCUT2D eigenvalue weighted by Gasteiger charge is -2.10. The molecule has 0 amide bonds. The molecule has 128 valence electrons. The smallest absolute Gasteiger partial charge is 0.180 e. The molecule has 0 aliphatic carbocycles. The van der Waals surface area contributed by atoms with Gasteiger partial charge in [0.25, 0.3) is 0 Å². The number of carbonyl (C=O) groups excluding carboxylic acids is 1. The number of nitrogens with zero attached hydrogens (tertiary/aromatic N) is 3. The van der Waals surface area contributed by atoms with E-state index in [2.05, 4.69) is 11.1 Å². The number of hydrogen-bond donors (Lipinski definition) is 0. The summed E-state index contributed by atoms with van der Waals surface area (Å²) in [5, 5.41) is 0. The van der Waals surface area contributed by atoms with Crippen LogP contribution in [0.2, 0.25) is 0 Å². The van der Waals surface area contributed by atoms with E-state index < -0.39 is 0 Å².